The van der Waals surface area contributed by atoms with Gasteiger partial charge in [-0.1, -0.05) is 36.4 Å². The summed E-state index contributed by atoms with van der Waals surface area (Å²) in [5.41, 5.74) is 8.04. The summed E-state index contributed by atoms with van der Waals surface area (Å²) < 4.78 is 39.8. The van der Waals surface area contributed by atoms with Crippen LogP contribution >= 0.6 is 0 Å². The van der Waals surface area contributed by atoms with Crippen molar-refractivity contribution in [1.82, 2.24) is 9.97 Å². The van der Waals surface area contributed by atoms with Crippen LogP contribution in [0.1, 0.15) is 16.7 Å². The van der Waals surface area contributed by atoms with Gasteiger partial charge in [-0.3, -0.25) is 0 Å². The molecule has 2 heterocycles. The summed E-state index contributed by atoms with van der Waals surface area (Å²) in [6.07, 6.45) is -2.32. The molecule has 3 N–H and O–H groups in total. The summed E-state index contributed by atoms with van der Waals surface area (Å²) >= 11 is 0. The molecule has 0 atom stereocenters. The second-order valence-electron chi connectivity index (χ2n) is 6.57. The summed E-state index contributed by atoms with van der Waals surface area (Å²) in [6, 6.07) is 13.4. The van der Waals surface area contributed by atoms with Gasteiger partial charge in [-0.2, -0.15) is 13.2 Å². The third-order valence-electron chi connectivity index (χ3n) is 4.78. The number of nitrogens with two attached hydrogens (primary N) is 1. The van der Waals surface area contributed by atoms with E-state index in [1.54, 1.807) is 0 Å². The number of hydrogen-bond donors (Lipinski definition) is 2. The van der Waals surface area contributed by atoms with Gasteiger partial charge in [0.2, 0.25) is 0 Å². The van der Waals surface area contributed by atoms with E-state index in [9.17, 15) is 13.2 Å². The Bertz CT molecular complexity index is 1000. The second-order valence-corrected chi connectivity index (χ2v) is 6.57. The van der Waals surface area contributed by atoms with Gasteiger partial charge in [0, 0.05) is 13.1 Å². The SMILES string of the molecule is Nc1c(Nc2ccccc2C(F)(F)F)ncnc1N1CCc2ccccc2C1. The van der Waals surface area contributed by atoms with Crippen LogP contribution in [0.15, 0.2) is 54.9 Å². The van der Waals surface area contributed by atoms with Crippen molar-refractivity contribution < 1.29 is 13.2 Å². The Hall–Kier alpha value is -3.29. The summed E-state index contributed by atoms with van der Waals surface area (Å²) in [5.74, 6) is 0.664. The van der Waals surface area contributed by atoms with E-state index >= 15 is 0 Å². The first kappa shape index (κ1) is 18.1. The van der Waals surface area contributed by atoms with Gasteiger partial charge in [0.15, 0.2) is 11.6 Å². The van der Waals surface area contributed by atoms with Crippen LogP contribution in [0.25, 0.3) is 0 Å². The van der Waals surface area contributed by atoms with E-state index in [4.69, 9.17) is 5.73 Å². The molecule has 0 saturated carbocycles. The molecule has 1 aliphatic rings. The molecule has 0 radical (unpaired) electrons. The zero-order valence-electron chi connectivity index (χ0n) is 14.9. The lowest BCUT2D eigenvalue weighted by Crippen LogP contribution is -2.31. The molecule has 0 amide bonds. The van der Waals surface area contributed by atoms with Gasteiger partial charge in [-0.25, -0.2) is 9.97 Å². The predicted molar refractivity (Wildman–Crippen MR) is 102 cm³/mol. The van der Waals surface area contributed by atoms with E-state index in [1.807, 2.05) is 17.0 Å². The first-order valence-electron chi connectivity index (χ1n) is 8.79. The van der Waals surface area contributed by atoms with Crippen molar-refractivity contribution in [2.45, 2.75) is 19.1 Å². The number of alkyl halides is 3. The first-order valence-corrected chi connectivity index (χ1v) is 8.79. The number of aromatic nitrogens is 2. The molecule has 5 nitrogen and oxygen atoms in total. The van der Waals surface area contributed by atoms with Gasteiger partial charge in [0.1, 0.15) is 12.0 Å². The Morgan fingerprint density at radius 2 is 1.68 bits per heavy atom. The van der Waals surface area contributed by atoms with Crippen molar-refractivity contribution in [2.24, 2.45) is 0 Å². The van der Waals surface area contributed by atoms with Gasteiger partial charge < -0.3 is 16.0 Å². The molecule has 0 aliphatic carbocycles. The van der Waals surface area contributed by atoms with Gasteiger partial charge in [0.25, 0.3) is 0 Å². The lowest BCUT2D eigenvalue weighted by Gasteiger charge is -2.30. The van der Waals surface area contributed by atoms with Crippen molar-refractivity contribution in [2.75, 3.05) is 22.5 Å². The van der Waals surface area contributed by atoms with Crippen molar-refractivity contribution in [1.29, 1.82) is 0 Å². The first-order chi connectivity index (χ1) is 13.4. The third kappa shape index (κ3) is 3.45. The maximum absolute atomic E-state index is 13.3. The fourth-order valence-corrected chi connectivity index (χ4v) is 3.38. The van der Waals surface area contributed by atoms with Crippen LogP contribution in [0.3, 0.4) is 0 Å². The largest absolute Gasteiger partial charge is 0.418 e. The number of anilines is 4. The van der Waals surface area contributed by atoms with Gasteiger partial charge in [-0.05, 0) is 29.7 Å². The zero-order chi connectivity index (χ0) is 19.7. The minimum Gasteiger partial charge on any atom is -0.393 e. The monoisotopic (exact) mass is 385 g/mol. The smallest absolute Gasteiger partial charge is 0.393 e. The van der Waals surface area contributed by atoms with E-state index in [0.717, 1.165) is 19.0 Å². The molecule has 8 heteroatoms. The number of benzene rings is 2. The molecule has 2 aromatic carbocycles. The maximum Gasteiger partial charge on any atom is 0.418 e. The average molecular weight is 385 g/mol. The van der Waals surface area contributed by atoms with Crippen LogP contribution < -0.4 is 16.0 Å². The number of nitrogens with one attached hydrogen (secondary N) is 1. The zero-order valence-corrected chi connectivity index (χ0v) is 14.9. The summed E-state index contributed by atoms with van der Waals surface area (Å²) in [6.45, 7) is 1.35. The van der Waals surface area contributed by atoms with Crippen LogP contribution in [-0.4, -0.2) is 16.5 Å². The minimum atomic E-state index is -4.48. The van der Waals surface area contributed by atoms with E-state index < -0.39 is 11.7 Å². The van der Waals surface area contributed by atoms with Crippen molar-refractivity contribution in [3.63, 3.8) is 0 Å². The summed E-state index contributed by atoms with van der Waals surface area (Å²) in [4.78, 5) is 10.3. The molecule has 0 bridgehead atoms. The van der Waals surface area contributed by atoms with E-state index in [0.29, 0.717) is 12.4 Å². The highest BCUT2D eigenvalue weighted by atomic mass is 19.4. The highest BCUT2D eigenvalue weighted by molar-refractivity contribution is 5.79. The lowest BCUT2D eigenvalue weighted by atomic mass is 10.00. The Balaban J connectivity index is 1.64. The summed E-state index contributed by atoms with van der Waals surface area (Å²) in [7, 11) is 0. The highest BCUT2D eigenvalue weighted by Crippen LogP contribution is 2.37. The molecule has 0 fully saturated rings. The maximum atomic E-state index is 13.3. The minimum absolute atomic E-state index is 0.102. The van der Waals surface area contributed by atoms with E-state index in [-0.39, 0.29) is 17.2 Å². The van der Waals surface area contributed by atoms with E-state index in [2.05, 4.69) is 27.4 Å². The molecule has 0 spiro atoms. The van der Waals surface area contributed by atoms with Crippen molar-refractivity contribution >= 4 is 23.0 Å². The predicted octanol–water partition coefficient (Wildman–Crippen LogP) is 4.38. The Morgan fingerprint density at radius 1 is 0.964 bits per heavy atom. The molecule has 1 aliphatic heterocycles. The number of rotatable bonds is 3. The number of nitrogen functional groups attached to an aromatic ring is 1. The quantitative estimate of drug-likeness (QED) is 0.700. The second kappa shape index (κ2) is 7.03. The fraction of sp³-hybridized carbons (Fsp3) is 0.200. The molecule has 144 valence electrons. The molecular weight excluding hydrogens is 367 g/mol. The van der Waals surface area contributed by atoms with Crippen LogP contribution in [-0.2, 0) is 19.1 Å². The topological polar surface area (TPSA) is 67.1 Å². The molecule has 1 aromatic heterocycles. The van der Waals surface area contributed by atoms with Crippen LogP contribution in [0, 0.1) is 0 Å². The molecule has 28 heavy (non-hydrogen) atoms. The van der Waals surface area contributed by atoms with Crippen LogP contribution in [0.5, 0.6) is 0 Å². The average Bonchev–Trinajstić information content (AvgIpc) is 2.69. The van der Waals surface area contributed by atoms with Gasteiger partial charge in [-0.15, -0.1) is 0 Å². The number of nitrogens with zero attached hydrogens (tertiary/aromatic N) is 3. The molecule has 3 aromatic rings. The Morgan fingerprint density at radius 3 is 2.46 bits per heavy atom. The Labute approximate surface area is 160 Å². The number of halogens is 3. The third-order valence-corrected chi connectivity index (χ3v) is 4.78. The normalized spacial score (nSPS) is 13.9. The number of para-hydroxylation sites is 1. The van der Waals surface area contributed by atoms with Gasteiger partial charge in [0.05, 0.1) is 11.3 Å². The fourth-order valence-electron chi connectivity index (χ4n) is 3.38. The van der Waals surface area contributed by atoms with Crippen molar-refractivity contribution in [3.05, 3.63) is 71.5 Å². The van der Waals surface area contributed by atoms with E-state index in [1.165, 1.54) is 35.7 Å². The lowest BCUT2D eigenvalue weighted by molar-refractivity contribution is -0.136. The highest BCUT2D eigenvalue weighted by Gasteiger charge is 2.33. The number of fused-ring (bicyclic) bond motifs is 1. The van der Waals surface area contributed by atoms with Crippen LogP contribution in [0.2, 0.25) is 0 Å². The molecule has 4 rings (SSSR count). The standard InChI is InChI=1S/C20H18F3N5/c21-20(22,23)15-7-3-4-8-16(15)27-18-17(24)19(26-12-25-18)28-10-9-13-5-1-2-6-14(13)11-28/h1-8,12H,9-11,24H2,(H,25,26,27). The van der Waals surface area contributed by atoms with Gasteiger partial charge >= 0.3 is 6.18 Å². The Kier molecular flexibility index (Phi) is 4.54. The van der Waals surface area contributed by atoms with Crippen LogP contribution in [0.4, 0.5) is 36.2 Å². The molecule has 0 saturated heterocycles. The molecular formula is C20H18F3N5. The summed E-state index contributed by atoms with van der Waals surface area (Å²) in [5, 5.41) is 2.72. The van der Waals surface area contributed by atoms with Crippen molar-refractivity contribution in [3.8, 4) is 0 Å². The number of hydrogen-bond acceptors (Lipinski definition) is 5. The molecule has 0 unspecified atom stereocenters.